The minimum absolute atomic E-state index is 0.247. The van der Waals surface area contributed by atoms with E-state index in [0.29, 0.717) is 6.04 Å². The molecule has 0 aromatic heterocycles. The van der Waals surface area contributed by atoms with Crippen LogP contribution in [-0.2, 0) is 4.79 Å². The Morgan fingerprint density at radius 2 is 2.17 bits per heavy atom. The van der Waals surface area contributed by atoms with Gasteiger partial charge in [0.25, 0.3) is 0 Å². The van der Waals surface area contributed by atoms with Crippen LogP contribution in [-0.4, -0.2) is 37.5 Å². The fourth-order valence-electron chi connectivity index (χ4n) is 1.72. The molecule has 70 valence electrons. The lowest BCUT2D eigenvalue weighted by Crippen LogP contribution is -2.41. The van der Waals surface area contributed by atoms with E-state index in [-0.39, 0.29) is 11.8 Å². The molecule has 1 saturated heterocycles. The first-order chi connectivity index (χ1) is 5.61. The number of amides is 1. The average Bonchev–Trinajstić information content (AvgIpc) is 2.03. The van der Waals surface area contributed by atoms with Crippen molar-refractivity contribution < 1.29 is 4.79 Å². The molecule has 0 aliphatic carbocycles. The summed E-state index contributed by atoms with van der Waals surface area (Å²) >= 11 is 0. The van der Waals surface area contributed by atoms with Crippen LogP contribution in [0.5, 0.6) is 0 Å². The summed E-state index contributed by atoms with van der Waals surface area (Å²) in [5.74, 6) is 0.527. The van der Waals surface area contributed by atoms with Crippen LogP contribution in [0.1, 0.15) is 19.8 Å². The molecular weight excluding hydrogens is 152 g/mol. The fourth-order valence-corrected chi connectivity index (χ4v) is 1.72. The van der Waals surface area contributed by atoms with Crippen LogP contribution >= 0.6 is 0 Å². The van der Waals surface area contributed by atoms with Crippen molar-refractivity contribution >= 4 is 5.91 Å². The molecular formula is C9H18N2O. The molecule has 0 radical (unpaired) electrons. The Bertz CT molecular complexity index is 168. The van der Waals surface area contributed by atoms with E-state index in [1.807, 2.05) is 14.1 Å². The van der Waals surface area contributed by atoms with Gasteiger partial charge < -0.3 is 10.2 Å². The van der Waals surface area contributed by atoms with Crippen molar-refractivity contribution in [2.75, 3.05) is 20.6 Å². The van der Waals surface area contributed by atoms with Gasteiger partial charge in [0.2, 0.25) is 5.91 Å². The zero-order chi connectivity index (χ0) is 9.14. The number of hydrogen-bond donors (Lipinski definition) is 1. The highest BCUT2D eigenvalue weighted by Crippen LogP contribution is 2.17. The summed E-state index contributed by atoms with van der Waals surface area (Å²) in [4.78, 5) is 13.2. The number of carbonyl (C=O) groups excluding carboxylic acids is 1. The maximum Gasteiger partial charge on any atom is 0.225 e. The smallest absolute Gasteiger partial charge is 0.225 e. The minimum atomic E-state index is 0.247. The highest BCUT2D eigenvalue weighted by atomic mass is 16.2. The molecule has 1 N–H and O–H groups in total. The van der Waals surface area contributed by atoms with E-state index < -0.39 is 0 Å². The predicted molar refractivity (Wildman–Crippen MR) is 48.9 cm³/mol. The number of piperidine rings is 1. The summed E-state index contributed by atoms with van der Waals surface area (Å²) in [6.07, 6.45) is 1.97. The molecule has 0 saturated carbocycles. The standard InChI is InChI=1S/C9H18N2O/c1-7-6-8(4-5-10-7)9(12)11(2)3/h7-8,10H,4-6H2,1-3H3. The maximum absolute atomic E-state index is 11.5. The minimum Gasteiger partial charge on any atom is -0.349 e. The Labute approximate surface area is 74.1 Å². The number of rotatable bonds is 1. The molecule has 1 heterocycles. The molecule has 1 fully saturated rings. The summed E-state index contributed by atoms with van der Waals surface area (Å²) in [6, 6.07) is 0.493. The largest absolute Gasteiger partial charge is 0.349 e. The first-order valence-corrected chi connectivity index (χ1v) is 4.56. The van der Waals surface area contributed by atoms with E-state index in [0.717, 1.165) is 19.4 Å². The van der Waals surface area contributed by atoms with Crippen LogP contribution < -0.4 is 5.32 Å². The van der Waals surface area contributed by atoms with Crippen molar-refractivity contribution in [3.05, 3.63) is 0 Å². The van der Waals surface area contributed by atoms with E-state index in [9.17, 15) is 4.79 Å². The monoisotopic (exact) mass is 170 g/mol. The molecule has 1 rings (SSSR count). The molecule has 1 amide bonds. The SMILES string of the molecule is CC1CC(C(=O)N(C)C)CCN1. The van der Waals surface area contributed by atoms with Crippen LogP contribution in [0.4, 0.5) is 0 Å². The fraction of sp³-hybridized carbons (Fsp3) is 0.889. The molecule has 2 atom stereocenters. The highest BCUT2D eigenvalue weighted by molar-refractivity contribution is 5.78. The molecule has 0 bridgehead atoms. The Balaban J connectivity index is 2.46. The predicted octanol–water partition coefficient (Wildman–Crippen LogP) is 0.463. The first kappa shape index (κ1) is 9.52. The van der Waals surface area contributed by atoms with E-state index in [2.05, 4.69) is 12.2 Å². The highest BCUT2D eigenvalue weighted by Gasteiger charge is 2.25. The molecule has 3 heteroatoms. The maximum atomic E-state index is 11.5. The average molecular weight is 170 g/mol. The van der Waals surface area contributed by atoms with Crippen LogP contribution in [0.15, 0.2) is 0 Å². The third-order valence-corrected chi connectivity index (χ3v) is 2.41. The van der Waals surface area contributed by atoms with E-state index in [1.165, 1.54) is 0 Å². The van der Waals surface area contributed by atoms with Gasteiger partial charge in [0.15, 0.2) is 0 Å². The molecule has 2 unspecified atom stereocenters. The zero-order valence-electron chi connectivity index (χ0n) is 8.13. The Morgan fingerprint density at radius 3 is 2.67 bits per heavy atom. The van der Waals surface area contributed by atoms with Crippen molar-refractivity contribution in [2.24, 2.45) is 5.92 Å². The molecule has 12 heavy (non-hydrogen) atoms. The number of nitrogens with zero attached hydrogens (tertiary/aromatic N) is 1. The van der Waals surface area contributed by atoms with Crippen molar-refractivity contribution in [2.45, 2.75) is 25.8 Å². The molecule has 0 aromatic carbocycles. The second kappa shape index (κ2) is 3.90. The molecule has 1 aliphatic heterocycles. The van der Waals surface area contributed by atoms with Crippen LogP contribution in [0, 0.1) is 5.92 Å². The van der Waals surface area contributed by atoms with Crippen molar-refractivity contribution in [3.8, 4) is 0 Å². The number of hydrogen-bond acceptors (Lipinski definition) is 2. The zero-order valence-corrected chi connectivity index (χ0v) is 8.13. The normalized spacial score (nSPS) is 29.9. The molecule has 0 spiro atoms. The van der Waals surface area contributed by atoms with Gasteiger partial charge in [0.05, 0.1) is 0 Å². The van der Waals surface area contributed by atoms with Gasteiger partial charge in [-0.1, -0.05) is 0 Å². The Hall–Kier alpha value is -0.570. The second-order valence-electron chi connectivity index (χ2n) is 3.81. The topological polar surface area (TPSA) is 32.3 Å². The van der Waals surface area contributed by atoms with Gasteiger partial charge in [-0.25, -0.2) is 0 Å². The number of nitrogens with one attached hydrogen (secondary N) is 1. The van der Waals surface area contributed by atoms with Crippen LogP contribution in [0.2, 0.25) is 0 Å². The van der Waals surface area contributed by atoms with Gasteiger partial charge >= 0.3 is 0 Å². The van der Waals surface area contributed by atoms with Gasteiger partial charge in [0, 0.05) is 26.1 Å². The summed E-state index contributed by atoms with van der Waals surface area (Å²) in [5, 5.41) is 3.33. The summed E-state index contributed by atoms with van der Waals surface area (Å²) in [5.41, 5.74) is 0. The van der Waals surface area contributed by atoms with Gasteiger partial charge in [-0.15, -0.1) is 0 Å². The number of carbonyl (C=O) groups is 1. The van der Waals surface area contributed by atoms with Crippen molar-refractivity contribution in [3.63, 3.8) is 0 Å². The third-order valence-electron chi connectivity index (χ3n) is 2.41. The van der Waals surface area contributed by atoms with Gasteiger partial charge in [-0.05, 0) is 26.3 Å². The lowest BCUT2D eigenvalue weighted by Gasteiger charge is -2.28. The van der Waals surface area contributed by atoms with Gasteiger partial charge in [0.1, 0.15) is 0 Å². The van der Waals surface area contributed by atoms with E-state index in [1.54, 1.807) is 4.90 Å². The lowest BCUT2D eigenvalue weighted by atomic mass is 9.92. The Morgan fingerprint density at radius 1 is 1.50 bits per heavy atom. The van der Waals surface area contributed by atoms with Crippen molar-refractivity contribution in [1.29, 1.82) is 0 Å². The van der Waals surface area contributed by atoms with Gasteiger partial charge in [-0.3, -0.25) is 4.79 Å². The third kappa shape index (κ3) is 2.21. The molecule has 1 aliphatic rings. The first-order valence-electron chi connectivity index (χ1n) is 4.56. The summed E-state index contributed by atoms with van der Waals surface area (Å²) < 4.78 is 0. The quantitative estimate of drug-likeness (QED) is 0.620. The molecule has 0 aromatic rings. The van der Waals surface area contributed by atoms with Crippen molar-refractivity contribution in [1.82, 2.24) is 10.2 Å². The Kier molecular flexibility index (Phi) is 3.09. The van der Waals surface area contributed by atoms with Crippen LogP contribution in [0.3, 0.4) is 0 Å². The second-order valence-corrected chi connectivity index (χ2v) is 3.81. The van der Waals surface area contributed by atoms with Gasteiger partial charge in [-0.2, -0.15) is 0 Å². The van der Waals surface area contributed by atoms with Crippen LogP contribution in [0.25, 0.3) is 0 Å². The summed E-state index contributed by atoms with van der Waals surface area (Å²) in [6.45, 7) is 3.11. The van der Waals surface area contributed by atoms with E-state index in [4.69, 9.17) is 0 Å². The van der Waals surface area contributed by atoms with E-state index >= 15 is 0 Å². The lowest BCUT2D eigenvalue weighted by molar-refractivity contribution is -0.134. The summed E-state index contributed by atoms with van der Waals surface area (Å²) in [7, 11) is 3.66. The molecule has 3 nitrogen and oxygen atoms in total.